The lowest BCUT2D eigenvalue weighted by atomic mass is 10.0. The highest BCUT2D eigenvalue weighted by atomic mass is 16.3. The fourth-order valence-electron chi connectivity index (χ4n) is 2.70. The van der Waals surface area contributed by atoms with Crippen molar-refractivity contribution in [3.8, 4) is 22.8 Å². The summed E-state index contributed by atoms with van der Waals surface area (Å²) in [7, 11) is 0. The van der Waals surface area contributed by atoms with Gasteiger partial charge in [0.15, 0.2) is 0 Å². The lowest BCUT2D eigenvalue weighted by Gasteiger charge is -2.03. The van der Waals surface area contributed by atoms with E-state index >= 15 is 0 Å². The third kappa shape index (κ3) is 2.62. The number of aromatic nitrogens is 2. The molecule has 0 radical (unpaired) electrons. The number of hydrogen-bond acceptors (Lipinski definition) is 2. The molecule has 0 amide bonds. The molecule has 3 aromatic rings. The molecule has 0 fully saturated rings. The van der Waals surface area contributed by atoms with Crippen LogP contribution in [0.15, 0.2) is 54.6 Å². The van der Waals surface area contributed by atoms with Crippen LogP contribution in [0.2, 0.25) is 0 Å². The molecule has 3 heteroatoms. The summed E-state index contributed by atoms with van der Waals surface area (Å²) in [4.78, 5) is 0. The Balaban J connectivity index is 2.18. The molecule has 3 rings (SSSR count). The zero-order valence-corrected chi connectivity index (χ0v) is 13.0. The maximum Gasteiger partial charge on any atom is 0.218 e. The van der Waals surface area contributed by atoms with Crippen molar-refractivity contribution in [1.82, 2.24) is 9.78 Å². The van der Waals surface area contributed by atoms with Crippen LogP contribution in [0, 0.1) is 6.92 Å². The van der Waals surface area contributed by atoms with Crippen LogP contribution in [0.4, 0.5) is 0 Å². The summed E-state index contributed by atoms with van der Waals surface area (Å²) < 4.78 is 1.63. The van der Waals surface area contributed by atoms with Crippen molar-refractivity contribution in [2.24, 2.45) is 0 Å². The Morgan fingerprint density at radius 1 is 1.05 bits per heavy atom. The highest BCUT2D eigenvalue weighted by Gasteiger charge is 2.18. The van der Waals surface area contributed by atoms with Crippen molar-refractivity contribution in [2.75, 3.05) is 0 Å². The summed E-state index contributed by atoms with van der Waals surface area (Å²) in [6, 6.07) is 18.0. The van der Waals surface area contributed by atoms with E-state index in [1.54, 1.807) is 4.68 Å². The zero-order chi connectivity index (χ0) is 15.5. The van der Waals surface area contributed by atoms with Gasteiger partial charge in [-0.1, -0.05) is 55.3 Å². The molecule has 0 unspecified atom stereocenters. The minimum absolute atomic E-state index is 0.240. The lowest BCUT2D eigenvalue weighted by molar-refractivity contribution is 0.427. The second kappa shape index (κ2) is 6.06. The second-order valence-corrected chi connectivity index (χ2v) is 5.52. The van der Waals surface area contributed by atoms with E-state index in [4.69, 9.17) is 0 Å². The summed E-state index contributed by atoms with van der Waals surface area (Å²) in [5.41, 5.74) is 4.89. The van der Waals surface area contributed by atoms with E-state index in [0.29, 0.717) is 0 Å². The summed E-state index contributed by atoms with van der Waals surface area (Å²) in [5, 5.41) is 15.3. The van der Waals surface area contributed by atoms with Crippen LogP contribution in [0.5, 0.6) is 5.88 Å². The quantitative estimate of drug-likeness (QED) is 0.768. The molecule has 0 saturated carbocycles. The SMILES string of the molecule is CCCc1c(-c2cccc(C)c2)nn(-c2ccccc2)c1O. The third-order valence-electron chi connectivity index (χ3n) is 3.75. The predicted molar refractivity (Wildman–Crippen MR) is 89.4 cm³/mol. The fourth-order valence-corrected chi connectivity index (χ4v) is 2.70. The molecule has 0 aliphatic rings. The molecule has 2 aromatic carbocycles. The van der Waals surface area contributed by atoms with E-state index < -0.39 is 0 Å². The molecule has 0 aliphatic heterocycles. The Morgan fingerprint density at radius 2 is 1.82 bits per heavy atom. The Morgan fingerprint density at radius 3 is 2.50 bits per heavy atom. The first-order valence-electron chi connectivity index (χ1n) is 7.64. The Hall–Kier alpha value is -2.55. The molecule has 22 heavy (non-hydrogen) atoms. The van der Waals surface area contributed by atoms with Crippen molar-refractivity contribution < 1.29 is 5.11 Å². The number of hydrogen-bond donors (Lipinski definition) is 1. The number of benzene rings is 2. The topological polar surface area (TPSA) is 38.0 Å². The number of para-hydroxylation sites is 1. The van der Waals surface area contributed by atoms with Gasteiger partial charge in [-0.2, -0.15) is 5.10 Å². The van der Waals surface area contributed by atoms with Crippen LogP contribution in [0.25, 0.3) is 16.9 Å². The van der Waals surface area contributed by atoms with Crippen molar-refractivity contribution in [2.45, 2.75) is 26.7 Å². The largest absolute Gasteiger partial charge is 0.493 e. The van der Waals surface area contributed by atoms with E-state index in [-0.39, 0.29) is 5.88 Å². The van der Waals surface area contributed by atoms with Crippen LogP contribution < -0.4 is 0 Å². The molecule has 112 valence electrons. The van der Waals surface area contributed by atoms with E-state index in [1.807, 2.05) is 42.5 Å². The van der Waals surface area contributed by atoms with E-state index in [2.05, 4.69) is 31.1 Å². The summed E-state index contributed by atoms with van der Waals surface area (Å²) >= 11 is 0. The molecule has 0 aliphatic carbocycles. The van der Waals surface area contributed by atoms with Gasteiger partial charge in [-0.05, 0) is 31.5 Å². The van der Waals surface area contributed by atoms with E-state index in [9.17, 15) is 5.11 Å². The minimum atomic E-state index is 0.240. The molecule has 0 saturated heterocycles. The molecular weight excluding hydrogens is 272 g/mol. The van der Waals surface area contributed by atoms with Crippen molar-refractivity contribution in [1.29, 1.82) is 0 Å². The van der Waals surface area contributed by atoms with E-state index in [1.165, 1.54) is 5.56 Å². The zero-order valence-electron chi connectivity index (χ0n) is 13.0. The van der Waals surface area contributed by atoms with Crippen LogP contribution >= 0.6 is 0 Å². The number of aromatic hydroxyl groups is 1. The molecule has 0 bridgehead atoms. The average molecular weight is 292 g/mol. The van der Waals surface area contributed by atoms with Gasteiger partial charge in [-0.25, -0.2) is 4.68 Å². The highest BCUT2D eigenvalue weighted by molar-refractivity contribution is 5.67. The first-order valence-corrected chi connectivity index (χ1v) is 7.64. The number of nitrogens with zero attached hydrogens (tertiary/aromatic N) is 2. The van der Waals surface area contributed by atoms with Crippen LogP contribution in [0.1, 0.15) is 24.5 Å². The Bertz CT molecular complexity index is 775. The lowest BCUT2D eigenvalue weighted by Crippen LogP contribution is -1.95. The van der Waals surface area contributed by atoms with E-state index in [0.717, 1.165) is 35.3 Å². The normalized spacial score (nSPS) is 10.8. The molecule has 0 atom stereocenters. The van der Waals surface area contributed by atoms with Gasteiger partial charge in [-0.15, -0.1) is 0 Å². The molecule has 0 spiro atoms. The summed E-state index contributed by atoms with van der Waals surface area (Å²) in [6.07, 6.45) is 1.77. The van der Waals surface area contributed by atoms with Crippen LogP contribution in [0.3, 0.4) is 0 Å². The first-order chi connectivity index (χ1) is 10.7. The van der Waals surface area contributed by atoms with Gasteiger partial charge in [0.25, 0.3) is 0 Å². The van der Waals surface area contributed by atoms with Gasteiger partial charge in [-0.3, -0.25) is 0 Å². The monoisotopic (exact) mass is 292 g/mol. The van der Waals surface area contributed by atoms with Gasteiger partial charge >= 0.3 is 0 Å². The third-order valence-corrected chi connectivity index (χ3v) is 3.75. The van der Waals surface area contributed by atoms with Crippen molar-refractivity contribution in [3.05, 3.63) is 65.7 Å². The van der Waals surface area contributed by atoms with Gasteiger partial charge in [0.2, 0.25) is 5.88 Å². The summed E-state index contributed by atoms with van der Waals surface area (Å²) in [5.74, 6) is 0.240. The van der Waals surface area contributed by atoms with Gasteiger partial charge in [0, 0.05) is 11.1 Å². The second-order valence-electron chi connectivity index (χ2n) is 5.52. The van der Waals surface area contributed by atoms with Gasteiger partial charge in [0.05, 0.1) is 11.4 Å². The molecular formula is C19H20N2O. The van der Waals surface area contributed by atoms with Gasteiger partial charge in [0.1, 0.15) is 0 Å². The highest BCUT2D eigenvalue weighted by Crippen LogP contribution is 2.33. The standard InChI is InChI=1S/C19H20N2O/c1-3-8-17-18(15-10-7-9-14(2)13-15)20-21(19(17)22)16-11-5-4-6-12-16/h4-7,9-13,22H,3,8H2,1-2H3. The predicted octanol–water partition coefficient (Wildman–Crippen LogP) is 4.51. The van der Waals surface area contributed by atoms with Gasteiger partial charge < -0.3 is 5.11 Å². The minimum Gasteiger partial charge on any atom is -0.493 e. The first kappa shape index (κ1) is 14.4. The number of aryl methyl sites for hydroxylation is 1. The number of rotatable bonds is 4. The maximum absolute atomic E-state index is 10.6. The van der Waals surface area contributed by atoms with Crippen molar-refractivity contribution >= 4 is 0 Å². The molecule has 1 aromatic heterocycles. The Kier molecular flexibility index (Phi) is 3.96. The maximum atomic E-state index is 10.6. The molecule has 1 heterocycles. The Labute approximate surface area is 130 Å². The fraction of sp³-hybridized carbons (Fsp3) is 0.211. The van der Waals surface area contributed by atoms with Crippen molar-refractivity contribution in [3.63, 3.8) is 0 Å². The van der Waals surface area contributed by atoms with Crippen LogP contribution in [-0.2, 0) is 6.42 Å². The molecule has 1 N–H and O–H groups in total. The average Bonchev–Trinajstić information content (AvgIpc) is 2.86. The molecule has 3 nitrogen and oxygen atoms in total. The summed E-state index contributed by atoms with van der Waals surface area (Å²) in [6.45, 7) is 4.18. The smallest absolute Gasteiger partial charge is 0.218 e. The van der Waals surface area contributed by atoms with Crippen LogP contribution in [-0.4, -0.2) is 14.9 Å².